The van der Waals surface area contributed by atoms with Crippen LogP contribution in [0.1, 0.15) is 40.6 Å². The molecule has 0 atom stereocenters. The van der Waals surface area contributed by atoms with E-state index in [9.17, 15) is 4.79 Å². The van der Waals surface area contributed by atoms with Crippen molar-refractivity contribution < 1.29 is 4.79 Å². The molecule has 1 fully saturated rings. The number of aromatic nitrogens is 1. The zero-order valence-electron chi connectivity index (χ0n) is 14.9. The Morgan fingerprint density at radius 2 is 1.88 bits per heavy atom. The van der Waals surface area contributed by atoms with Gasteiger partial charge in [0.25, 0.3) is 5.91 Å². The Morgan fingerprint density at radius 3 is 2.60 bits per heavy atom. The van der Waals surface area contributed by atoms with E-state index in [2.05, 4.69) is 39.0 Å². The number of carbonyl (C=O) groups excluding carboxylic acids is 1. The molecule has 1 aliphatic rings. The molecule has 0 aliphatic carbocycles. The number of amides is 1. The highest BCUT2D eigenvalue weighted by Gasteiger charge is 2.25. The topological polar surface area (TPSA) is 59.2 Å². The number of fused-ring (bicyclic) bond motifs is 2. The van der Waals surface area contributed by atoms with E-state index in [1.165, 1.54) is 22.5 Å². The Hall–Kier alpha value is -2.14. The number of thiophene rings is 1. The van der Waals surface area contributed by atoms with Crippen LogP contribution >= 0.6 is 11.3 Å². The first-order valence-corrected chi connectivity index (χ1v) is 9.65. The van der Waals surface area contributed by atoms with Gasteiger partial charge in [0.15, 0.2) is 0 Å². The van der Waals surface area contributed by atoms with E-state index >= 15 is 0 Å². The van der Waals surface area contributed by atoms with Gasteiger partial charge < -0.3 is 10.6 Å². The van der Waals surface area contributed by atoms with Crippen LogP contribution in [-0.4, -0.2) is 28.9 Å². The van der Waals surface area contributed by atoms with Gasteiger partial charge in [-0.3, -0.25) is 4.79 Å². The molecule has 1 amide bonds. The molecule has 0 unspecified atom stereocenters. The maximum absolute atomic E-state index is 12.9. The van der Waals surface area contributed by atoms with E-state index in [0.29, 0.717) is 16.5 Å². The standard InChI is InChI=1S/C20H23N3OS/c1-11-4-6-23(7-5-11)20(24)18-17(21)15-10-14-8-12(2)13(3)9-16(14)22-19(15)25-18/h8-11H,4-7,21H2,1-3H3. The minimum Gasteiger partial charge on any atom is -0.397 e. The van der Waals surface area contributed by atoms with Crippen molar-refractivity contribution in [1.82, 2.24) is 9.88 Å². The zero-order chi connectivity index (χ0) is 17.7. The summed E-state index contributed by atoms with van der Waals surface area (Å²) >= 11 is 1.42. The average Bonchev–Trinajstić information content (AvgIpc) is 2.90. The molecular weight excluding hydrogens is 330 g/mol. The number of nitrogens with zero attached hydrogens (tertiary/aromatic N) is 2. The number of piperidine rings is 1. The van der Waals surface area contributed by atoms with E-state index in [1.54, 1.807) is 0 Å². The third kappa shape index (κ3) is 2.76. The Labute approximate surface area is 151 Å². The molecule has 1 saturated heterocycles. The fraction of sp³-hybridized carbons (Fsp3) is 0.400. The Balaban J connectivity index is 1.78. The number of anilines is 1. The lowest BCUT2D eigenvalue weighted by Gasteiger charge is -2.30. The second-order valence-electron chi connectivity index (χ2n) is 7.29. The maximum Gasteiger partial charge on any atom is 0.266 e. The summed E-state index contributed by atoms with van der Waals surface area (Å²) < 4.78 is 0. The first-order chi connectivity index (χ1) is 11.9. The number of likely N-dealkylation sites (tertiary alicyclic amines) is 1. The number of rotatable bonds is 1. The van der Waals surface area contributed by atoms with Crippen molar-refractivity contribution in [1.29, 1.82) is 0 Å². The second-order valence-corrected chi connectivity index (χ2v) is 8.29. The third-order valence-electron chi connectivity index (χ3n) is 5.39. The lowest BCUT2D eigenvalue weighted by Crippen LogP contribution is -2.37. The van der Waals surface area contributed by atoms with Crippen LogP contribution in [0.3, 0.4) is 0 Å². The molecule has 4 rings (SSSR count). The van der Waals surface area contributed by atoms with Crippen molar-refractivity contribution in [2.45, 2.75) is 33.6 Å². The van der Waals surface area contributed by atoms with Gasteiger partial charge in [0, 0.05) is 23.9 Å². The molecule has 1 aromatic carbocycles. The number of pyridine rings is 1. The monoisotopic (exact) mass is 353 g/mol. The predicted octanol–water partition coefficient (Wildman–Crippen LogP) is 4.52. The van der Waals surface area contributed by atoms with Crippen molar-refractivity contribution in [3.63, 3.8) is 0 Å². The number of aryl methyl sites for hydroxylation is 2. The van der Waals surface area contributed by atoms with Crippen molar-refractivity contribution in [3.05, 3.63) is 34.2 Å². The molecule has 3 heterocycles. The second kappa shape index (κ2) is 5.99. The Bertz CT molecular complexity index is 984. The summed E-state index contributed by atoms with van der Waals surface area (Å²) in [5.74, 6) is 0.756. The molecule has 0 saturated carbocycles. The molecule has 25 heavy (non-hydrogen) atoms. The van der Waals surface area contributed by atoms with Crippen LogP contribution in [0.4, 0.5) is 5.69 Å². The largest absolute Gasteiger partial charge is 0.397 e. The van der Waals surface area contributed by atoms with Crippen LogP contribution < -0.4 is 5.73 Å². The molecular formula is C20H23N3OS. The molecule has 1 aliphatic heterocycles. The molecule has 0 radical (unpaired) electrons. The normalized spacial score (nSPS) is 16.0. The molecule has 4 nitrogen and oxygen atoms in total. The van der Waals surface area contributed by atoms with Crippen LogP contribution in [-0.2, 0) is 0 Å². The van der Waals surface area contributed by atoms with Crippen molar-refractivity contribution in [3.8, 4) is 0 Å². The van der Waals surface area contributed by atoms with Crippen molar-refractivity contribution in [2.24, 2.45) is 5.92 Å². The van der Waals surface area contributed by atoms with E-state index in [-0.39, 0.29) is 5.91 Å². The van der Waals surface area contributed by atoms with E-state index < -0.39 is 0 Å². The van der Waals surface area contributed by atoms with Gasteiger partial charge in [-0.15, -0.1) is 11.3 Å². The number of nitrogens with two attached hydrogens (primary N) is 1. The van der Waals surface area contributed by atoms with E-state index in [4.69, 9.17) is 10.7 Å². The summed E-state index contributed by atoms with van der Waals surface area (Å²) in [6.45, 7) is 8.08. The van der Waals surface area contributed by atoms with Crippen LogP contribution in [0.15, 0.2) is 18.2 Å². The number of hydrogen-bond donors (Lipinski definition) is 1. The molecule has 2 aromatic heterocycles. The number of hydrogen-bond acceptors (Lipinski definition) is 4. The molecule has 130 valence electrons. The highest BCUT2D eigenvalue weighted by molar-refractivity contribution is 7.21. The van der Waals surface area contributed by atoms with Crippen LogP contribution in [0.5, 0.6) is 0 Å². The highest BCUT2D eigenvalue weighted by atomic mass is 32.1. The smallest absolute Gasteiger partial charge is 0.266 e. The summed E-state index contributed by atoms with van der Waals surface area (Å²) in [6.07, 6.45) is 2.13. The summed E-state index contributed by atoms with van der Waals surface area (Å²) in [5.41, 5.74) is 10.4. The Morgan fingerprint density at radius 1 is 1.20 bits per heavy atom. The van der Waals surface area contributed by atoms with Crippen LogP contribution in [0, 0.1) is 19.8 Å². The van der Waals surface area contributed by atoms with E-state index in [1.807, 2.05) is 4.90 Å². The maximum atomic E-state index is 12.9. The fourth-order valence-corrected chi connectivity index (χ4v) is 4.53. The summed E-state index contributed by atoms with van der Waals surface area (Å²) in [7, 11) is 0. The first kappa shape index (κ1) is 16.3. The third-order valence-corrected chi connectivity index (χ3v) is 6.50. The van der Waals surface area contributed by atoms with Gasteiger partial charge in [-0.2, -0.15) is 0 Å². The summed E-state index contributed by atoms with van der Waals surface area (Å²) in [4.78, 5) is 21.1. The van der Waals surface area contributed by atoms with Gasteiger partial charge in [0.2, 0.25) is 0 Å². The van der Waals surface area contributed by atoms with Crippen molar-refractivity contribution >= 4 is 44.1 Å². The summed E-state index contributed by atoms with van der Waals surface area (Å²) in [5, 5.41) is 1.97. The van der Waals surface area contributed by atoms with Crippen molar-refractivity contribution in [2.75, 3.05) is 18.8 Å². The predicted molar refractivity (Wildman–Crippen MR) is 105 cm³/mol. The highest BCUT2D eigenvalue weighted by Crippen LogP contribution is 2.36. The Kier molecular flexibility index (Phi) is 3.91. The summed E-state index contributed by atoms with van der Waals surface area (Å²) in [6, 6.07) is 6.32. The van der Waals surface area contributed by atoms with Gasteiger partial charge in [0.1, 0.15) is 9.71 Å². The number of nitrogen functional groups attached to an aromatic ring is 1. The van der Waals surface area contributed by atoms with Gasteiger partial charge >= 0.3 is 0 Å². The molecule has 5 heteroatoms. The van der Waals surface area contributed by atoms with Crippen LogP contribution in [0.25, 0.3) is 21.1 Å². The lowest BCUT2D eigenvalue weighted by molar-refractivity contribution is 0.0703. The average molecular weight is 353 g/mol. The van der Waals surface area contributed by atoms with Gasteiger partial charge in [-0.05, 0) is 61.9 Å². The van der Waals surface area contributed by atoms with Gasteiger partial charge in [0.05, 0.1) is 11.2 Å². The van der Waals surface area contributed by atoms with Gasteiger partial charge in [-0.1, -0.05) is 6.92 Å². The van der Waals surface area contributed by atoms with Gasteiger partial charge in [-0.25, -0.2) is 4.98 Å². The fourth-order valence-electron chi connectivity index (χ4n) is 3.48. The molecule has 0 bridgehead atoms. The lowest BCUT2D eigenvalue weighted by atomic mass is 9.99. The molecule has 2 N–H and O–H groups in total. The first-order valence-electron chi connectivity index (χ1n) is 8.83. The number of carbonyl (C=O) groups is 1. The molecule has 0 spiro atoms. The molecule has 3 aromatic rings. The zero-order valence-corrected chi connectivity index (χ0v) is 15.7. The van der Waals surface area contributed by atoms with Crippen LogP contribution in [0.2, 0.25) is 0 Å². The number of benzene rings is 1. The minimum absolute atomic E-state index is 0.0591. The quantitative estimate of drug-likeness (QED) is 0.700. The van der Waals surface area contributed by atoms with E-state index in [0.717, 1.165) is 47.1 Å². The minimum atomic E-state index is 0.0591. The SMILES string of the molecule is Cc1cc2cc3c(N)c(C(=O)N4CCC(C)CC4)sc3nc2cc1C.